The van der Waals surface area contributed by atoms with E-state index < -0.39 is 0 Å². The third kappa shape index (κ3) is 4.45. The Hall–Kier alpha value is -2.76. The van der Waals surface area contributed by atoms with Crippen molar-refractivity contribution < 1.29 is 14.0 Å². The van der Waals surface area contributed by atoms with Crippen LogP contribution in [0.4, 0.5) is 5.69 Å². The highest BCUT2D eigenvalue weighted by Crippen LogP contribution is 2.25. The molecule has 1 saturated heterocycles. The van der Waals surface area contributed by atoms with Crippen molar-refractivity contribution in [2.24, 2.45) is 0 Å². The minimum Gasteiger partial charge on any atom is -0.472 e. The number of anilines is 1. The Morgan fingerprint density at radius 1 is 1.19 bits per heavy atom. The molecular weight excluding hydrogens is 330 g/mol. The van der Waals surface area contributed by atoms with Crippen molar-refractivity contribution in [3.05, 3.63) is 54.0 Å². The maximum absolute atomic E-state index is 12.4. The summed E-state index contributed by atoms with van der Waals surface area (Å²) in [5.41, 5.74) is 2.84. The number of carbonyl (C=O) groups is 2. The van der Waals surface area contributed by atoms with E-state index in [1.165, 1.54) is 31.1 Å². The number of hydrogen-bond donors (Lipinski definition) is 1. The van der Waals surface area contributed by atoms with E-state index in [4.69, 9.17) is 4.42 Å². The van der Waals surface area contributed by atoms with Gasteiger partial charge in [0.2, 0.25) is 5.91 Å². The van der Waals surface area contributed by atoms with Gasteiger partial charge in [-0.25, -0.2) is 0 Å². The predicted octanol–water partition coefficient (Wildman–Crippen LogP) is 2.66. The summed E-state index contributed by atoms with van der Waals surface area (Å²) < 4.78 is 4.88. The van der Waals surface area contributed by atoms with Gasteiger partial charge in [0, 0.05) is 45.3 Å². The molecule has 3 rings (SSSR count). The molecule has 2 heterocycles. The summed E-state index contributed by atoms with van der Waals surface area (Å²) in [6.45, 7) is 3.03. The summed E-state index contributed by atoms with van der Waals surface area (Å²) >= 11 is 0. The summed E-state index contributed by atoms with van der Waals surface area (Å²) in [5.74, 6) is -0.220. The molecule has 0 saturated carbocycles. The second-order valence-corrected chi connectivity index (χ2v) is 6.59. The van der Waals surface area contributed by atoms with Crippen LogP contribution in [0.5, 0.6) is 0 Å². The topological polar surface area (TPSA) is 65.8 Å². The molecule has 1 aromatic heterocycles. The molecule has 1 fully saturated rings. The molecule has 2 amide bonds. The Morgan fingerprint density at radius 2 is 1.96 bits per heavy atom. The maximum Gasteiger partial charge on any atom is 0.254 e. The number of para-hydroxylation sites is 1. The van der Waals surface area contributed by atoms with Crippen LogP contribution in [0.25, 0.3) is 0 Å². The Kier molecular flexibility index (Phi) is 5.94. The Balaban J connectivity index is 1.50. The molecule has 6 nitrogen and oxygen atoms in total. The first kappa shape index (κ1) is 18.0. The first-order chi connectivity index (χ1) is 12.6. The average molecular weight is 355 g/mol. The smallest absolute Gasteiger partial charge is 0.254 e. The van der Waals surface area contributed by atoms with Gasteiger partial charge in [0.25, 0.3) is 5.91 Å². The van der Waals surface area contributed by atoms with Gasteiger partial charge in [0.05, 0.1) is 11.8 Å². The van der Waals surface area contributed by atoms with Gasteiger partial charge in [-0.05, 0) is 30.5 Å². The molecule has 2 aromatic rings. The molecule has 26 heavy (non-hydrogen) atoms. The zero-order chi connectivity index (χ0) is 18.4. The van der Waals surface area contributed by atoms with Crippen LogP contribution in [0.2, 0.25) is 0 Å². The van der Waals surface area contributed by atoms with Crippen LogP contribution < -0.4 is 10.2 Å². The first-order valence-corrected chi connectivity index (χ1v) is 9.02. The van der Waals surface area contributed by atoms with Crippen molar-refractivity contribution in [2.45, 2.75) is 25.8 Å². The summed E-state index contributed by atoms with van der Waals surface area (Å²) in [6, 6.07) is 9.86. The molecule has 6 heteroatoms. The van der Waals surface area contributed by atoms with Crippen LogP contribution in [0.3, 0.4) is 0 Å². The van der Waals surface area contributed by atoms with Crippen LogP contribution in [-0.4, -0.2) is 43.4 Å². The average Bonchev–Trinajstić information content (AvgIpc) is 3.35. The first-order valence-electron chi connectivity index (χ1n) is 9.02. The summed E-state index contributed by atoms with van der Waals surface area (Å²) in [6.07, 6.45) is 5.55. The largest absolute Gasteiger partial charge is 0.472 e. The molecule has 0 bridgehead atoms. The minimum absolute atomic E-state index is 0.00807. The fourth-order valence-corrected chi connectivity index (χ4v) is 3.22. The predicted molar refractivity (Wildman–Crippen MR) is 100 cm³/mol. The number of hydrogen-bond acceptors (Lipinski definition) is 4. The molecule has 0 aliphatic carbocycles. The lowest BCUT2D eigenvalue weighted by Crippen LogP contribution is -2.32. The van der Waals surface area contributed by atoms with Crippen LogP contribution in [0.1, 0.15) is 35.2 Å². The van der Waals surface area contributed by atoms with Gasteiger partial charge in [0.1, 0.15) is 6.26 Å². The SMILES string of the molecule is CN(Cc1ccccc1N1CCCC1)C(=O)CCNC(=O)c1ccoc1. The maximum atomic E-state index is 12.4. The zero-order valence-electron chi connectivity index (χ0n) is 15.1. The minimum atomic E-state index is -0.228. The lowest BCUT2D eigenvalue weighted by molar-refractivity contribution is -0.130. The van der Waals surface area contributed by atoms with Crippen molar-refractivity contribution in [2.75, 3.05) is 31.6 Å². The van der Waals surface area contributed by atoms with Crippen molar-refractivity contribution in [1.82, 2.24) is 10.2 Å². The number of nitrogens with one attached hydrogen (secondary N) is 1. The molecule has 1 aliphatic heterocycles. The number of nitrogens with zero attached hydrogens (tertiary/aromatic N) is 2. The van der Waals surface area contributed by atoms with E-state index in [0.717, 1.165) is 18.7 Å². The van der Waals surface area contributed by atoms with Gasteiger partial charge in [-0.15, -0.1) is 0 Å². The molecule has 0 spiro atoms. The van der Waals surface area contributed by atoms with E-state index in [0.29, 0.717) is 18.7 Å². The molecule has 0 atom stereocenters. The lowest BCUT2D eigenvalue weighted by Gasteiger charge is -2.24. The van der Waals surface area contributed by atoms with Crippen molar-refractivity contribution >= 4 is 17.5 Å². The van der Waals surface area contributed by atoms with Crippen molar-refractivity contribution in [3.8, 4) is 0 Å². The van der Waals surface area contributed by atoms with Crippen LogP contribution in [0.15, 0.2) is 47.3 Å². The van der Waals surface area contributed by atoms with Gasteiger partial charge in [-0.3, -0.25) is 9.59 Å². The highest BCUT2D eigenvalue weighted by molar-refractivity contribution is 5.94. The highest BCUT2D eigenvalue weighted by Gasteiger charge is 2.17. The van der Waals surface area contributed by atoms with Gasteiger partial charge >= 0.3 is 0 Å². The van der Waals surface area contributed by atoms with Gasteiger partial charge in [0.15, 0.2) is 0 Å². The molecule has 1 N–H and O–H groups in total. The van der Waals surface area contributed by atoms with Crippen molar-refractivity contribution in [1.29, 1.82) is 0 Å². The molecule has 138 valence electrons. The number of benzene rings is 1. The van der Waals surface area contributed by atoms with Crippen LogP contribution in [0, 0.1) is 0 Å². The standard InChI is InChI=1S/C20H25N3O3/c1-22(19(24)8-10-21-20(25)17-9-13-26-15-17)14-16-6-2-3-7-18(16)23-11-4-5-12-23/h2-3,6-7,9,13,15H,4-5,8,10-12,14H2,1H3,(H,21,25). The Bertz CT molecular complexity index is 737. The number of amides is 2. The Labute approximate surface area is 153 Å². The third-order valence-corrected chi connectivity index (χ3v) is 4.68. The highest BCUT2D eigenvalue weighted by atomic mass is 16.3. The monoisotopic (exact) mass is 355 g/mol. The lowest BCUT2D eigenvalue weighted by atomic mass is 10.1. The van der Waals surface area contributed by atoms with Crippen LogP contribution >= 0.6 is 0 Å². The normalized spacial score (nSPS) is 13.7. The van der Waals surface area contributed by atoms with E-state index in [2.05, 4.69) is 22.3 Å². The quantitative estimate of drug-likeness (QED) is 0.829. The van der Waals surface area contributed by atoms with Gasteiger partial charge in [-0.2, -0.15) is 0 Å². The second-order valence-electron chi connectivity index (χ2n) is 6.59. The van der Waals surface area contributed by atoms with E-state index in [1.807, 2.05) is 12.1 Å². The fraction of sp³-hybridized carbons (Fsp3) is 0.400. The molecule has 0 unspecified atom stereocenters. The molecule has 1 aromatic carbocycles. The molecular formula is C20H25N3O3. The van der Waals surface area contributed by atoms with E-state index in [9.17, 15) is 9.59 Å². The zero-order valence-corrected chi connectivity index (χ0v) is 15.1. The van der Waals surface area contributed by atoms with E-state index in [1.54, 1.807) is 18.0 Å². The second kappa shape index (κ2) is 8.56. The Morgan fingerprint density at radius 3 is 2.69 bits per heavy atom. The van der Waals surface area contributed by atoms with Gasteiger partial charge in [-0.1, -0.05) is 18.2 Å². The summed E-state index contributed by atoms with van der Waals surface area (Å²) in [7, 11) is 1.81. The van der Waals surface area contributed by atoms with Crippen LogP contribution in [-0.2, 0) is 11.3 Å². The number of furan rings is 1. The van der Waals surface area contributed by atoms with Crippen molar-refractivity contribution in [3.63, 3.8) is 0 Å². The summed E-state index contributed by atoms with van der Waals surface area (Å²) in [5, 5.41) is 2.74. The number of rotatable bonds is 7. The number of carbonyl (C=O) groups excluding carboxylic acids is 2. The molecule has 0 radical (unpaired) electrons. The van der Waals surface area contributed by atoms with E-state index in [-0.39, 0.29) is 18.2 Å². The fourth-order valence-electron chi connectivity index (χ4n) is 3.22. The molecule has 1 aliphatic rings. The third-order valence-electron chi connectivity index (χ3n) is 4.68. The van der Waals surface area contributed by atoms with E-state index >= 15 is 0 Å². The summed E-state index contributed by atoms with van der Waals surface area (Å²) in [4.78, 5) is 28.3. The van der Waals surface area contributed by atoms with Gasteiger partial charge < -0.3 is 19.5 Å².